The van der Waals surface area contributed by atoms with Gasteiger partial charge in [-0.25, -0.2) is 13.4 Å². The number of halogens is 1. The standard InChI is InChI=1S/C15H15ClN6O3S.C8H10O/c1-3-12-20-14(25-22-12)9-7-18-15(21-13(9)17)19-8-4-5-11(10(16)6-8)26(2,23)24;9-7-6-8-4-2-1-3-5-8/h4-7H,3H2,1-2H3,(H3,17,18,19,21);1-5,9H,6-7H2. The molecule has 4 N–H and O–H groups in total. The third-order valence-corrected chi connectivity index (χ3v) is 6.24. The Hall–Kier alpha value is -3.54. The minimum Gasteiger partial charge on any atom is -0.396 e. The Morgan fingerprint density at radius 2 is 1.89 bits per heavy atom. The van der Waals surface area contributed by atoms with Crippen LogP contribution in [0.3, 0.4) is 0 Å². The number of aliphatic hydroxyl groups excluding tert-OH is 1. The number of aromatic nitrogens is 4. The molecule has 0 aliphatic heterocycles. The number of aliphatic hydroxyl groups is 1. The Balaban J connectivity index is 0.000000320. The third kappa shape index (κ3) is 7.22. The van der Waals surface area contributed by atoms with Gasteiger partial charge < -0.3 is 20.7 Å². The van der Waals surface area contributed by atoms with Crippen LogP contribution in [-0.4, -0.2) is 46.5 Å². The lowest BCUT2D eigenvalue weighted by Gasteiger charge is -2.08. The highest BCUT2D eigenvalue weighted by atomic mass is 35.5. The number of rotatable bonds is 7. The lowest BCUT2D eigenvalue weighted by molar-refractivity contribution is 0.299. The number of hydrogen-bond acceptors (Lipinski definition) is 10. The average molecular weight is 517 g/mol. The summed E-state index contributed by atoms with van der Waals surface area (Å²) >= 11 is 6.02. The molecule has 0 fully saturated rings. The summed E-state index contributed by atoms with van der Waals surface area (Å²) in [5.74, 6) is 1.17. The topological polar surface area (TPSA) is 157 Å². The van der Waals surface area contributed by atoms with Gasteiger partial charge >= 0.3 is 0 Å². The number of benzene rings is 2. The fourth-order valence-electron chi connectivity index (χ4n) is 2.91. The highest BCUT2D eigenvalue weighted by Crippen LogP contribution is 2.27. The van der Waals surface area contributed by atoms with Crippen LogP contribution in [0.5, 0.6) is 0 Å². The van der Waals surface area contributed by atoms with Crippen molar-refractivity contribution in [1.82, 2.24) is 20.1 Å². The zero-order chi connectivity index (χ0) is 25.4. The molecule has 0 spiro atoms. The number of aryl methyl sites for hydroxylation is 1. The quantitative estimate of drug-likeness (QED) is 0.330. The molecule has 2 heterocycles. The van der Waals surface area contributed by atoms with Crippen molar-refractivity contribution in [3.63, 3.8) is 0 Å². The van der Waals surface area contributed by atoms with Crippen LogP contribution < -0.4 is 11.1 Å². The predicted molar refractivity (Wildman–Crippen MR) is 134 cm³/mol. The first-order chi connectivity index (χ1) is 16.7. The van der Waals surface area contributed by atoms with Gasteiger partial charge in [-0.2, -0.15) is 9.97 Å². The van der Waals surface area contributed by atoms with E-state index in [4.69, 9.17) is 27.0 Å². The van der Waals surface area contributed by atoms with Crippen LogP contribution >= 0.6 is 11.6 Å². The third-order valence-electron chi connectivity index (χ3n) is 4.66. The summed E-state index contributed by atoms with van der Waals surface area (Å²) in [5.41, 5.74) is 8.08. The van der Waals surface area contributed by atoms with E-state index in [1.807, 2.05) is 37.3 Å². The van der Waals surface area contributed by atoms with E-state index in [0.29, 0.717) is 23.5 Å². The maximum atomic E-state index is 11.6. The summed E-state index contributed by atoms with van der Waals surface area (Å²) in [6.45, 7) is 2.14. The van der Waals surface area contributed by atoms with Crippen LogP contribution in [0.4, 0.5) is 17.5 Å². The molecule has 35 heavy (non-hydrogen) atoms. The number of nitrogens with zero attached hydrogens (tertiary/aromatic N) is 4. The van der Waals surface area contributed by atoms with Crippen LogP contribution in [0.2, 0.25) is 5.02 Å². The van der Waals surface area contributed by atoms with Gasteiger partial charge in [-0.15, -0.1) is 0 Å². The van der Waals surface area contributed by atoms with E-state index >= 15 is 0 Å². The molecule has 12 heteroatoms. The number of nitrogen functional groups attached to an aromatic ring is 1. The molecule has 0 saturated heterocycles. The fraction of sp³-hybridized carbons (Fsp3) is 0.217. The van der Waals surface area contributed by atoms with Crippen molar-refractivity contribution >= 4 is 38.9 Å². The molecule has 10 nitrogen and oxygen atoms in total. The molecule has 184 valence electrons. The van der Waals surface area contributed by atoms with Crippen LogP contribution in [-0.2, 0) is 22.7 Å². The maximum Gasteiger partial charge on any atom is 0.263 e. The average Bonchev–Trinajstić information content (AvgIpc) is 3.29. The number of hydrogen-bond donors (Lipinski definition) is 3. The second-order valence-corrected chi connectivity index (χ2v) is 9.75. The van der Waals surface area contributed by atoms with E-state index in [0.717, 1.165) is 12.7 Å². The Kier molecular flexibility index (Phi) is 8.74. The van der Waals surface area contributed by atoms with Gasteiger partial charge in [0, 0.05) is 31.2 Å². The van der Waals surface area contributed by atoms with Gasteiger partial charge in [0.1, 0.15) is 11.4 Å². The van der Waals surface area contributed by atoms with Gasteiger partial charge in [-0.3, -0.25) is 0 Å². The number of nitrogens with one attached hydrogen (secondary N) is 1. The van der Waals surface area contributed by atoms with Gasteiger partial charge in [-0.1, -0.05) is 54.0 Å². The summed E-state index contributed by atoms with van der Waals surface area (Å²) in [6, 6.07) is 14.4. The lowest BCUT2D eigenvalue weighted by Crippen LogP contribution is -2.03. The van der Waals surface area contributed by atoms with Crippen molar-refractivity contribution in [2.45, 2.75) is 24.7 Å². The Morgan fingerprint density at radius 1 is 1.14 bits per heavy atom. The Bertz CT molecular complexity index is 1380. The van der Waals surface area contributed by atoms with E-state index in [1.54, 1.807) is 6.07 Å². The second kappa shape index (κ2) is 11.7. The van der Waals surface area contributed by atoms with E-state index in [2.05, 4.69) is 25.4 Å². The van der Waals surface area contributed by atoms with E-state index in [-0.39, 0.29) is 34.2 Å². The van der Waals surface area contributed by atoms with E-state index in [1.165, 1.54) is 23.9 Å². The largest absolute Gasteiger partial charge is 0.396 e. The molecule has 0 radical (unpaired) electrons. The van der Waals surface area contributed by atoms with Crippen molar-refractivity contribution in [2.24, 2.45) is 0 Å². The first kappa shape index (κ1) is 26.1. The van der Waals surface area contributed by atoms with Crippen LogP contribution in [0.1, 0.15) is 18.3 Å². The summed E-state index contributed by atoms with van der Waals surface area (Å²) in [5, 5.41) is 15.3. The number of anilines is 3. The molecular formula is C23H25ClN6O4S. The smallest absolute Gasteiger partial charge is 0.263 e. The van der Waals surface area contributed by atoms with Crippen molar-refractivity contribution in [2.75, 3.05) is 23.9 Å². The lowest BCUT2D eigenvalue weighted by atomic mass is 10.2. The Labute approximate surface area is 208 Å². The zero-order valence-corrected chi connectivity index (χ0v) is 20.7. The van der Waals surface area contributed by atoms with Gasteiger partial charge in [-0.05, 0) is 30.2 Å². The minimum atomic E-state index is -3.40. The van der Waals surface area contributed by atoms with Crippen LogP contribution in [0.15, 0.2) is 64.1 Å². The molecule has 2 aromatic carbocycles. The molecule has 0 aliphatic carbocycles. The Morgan fingerprint density at radius 3 is 2.46 bits per heavy atom. The molecule has 0 amide bonds. The van der Waals surface area contributed by atoms with Gasteiger partial charge in [0.05, 0.1) is 9.92 Å². The summed E-state index contributed by atoms with van der Waals surface area (Å²) < 4.78 is 28.3. The molecule has 0 unspecified atom stereocenters. The summed E-state index contributed by atoms with van der Waals surface area (Å²) in [4.78, 5) is 12.5. The van der Waals surface area contributed by atoms with Crippen LogP contribution in [0, 0.1) is 0 Å². The second-order valence-electron chi connectivity index (χ2n) is 7.36. The molecular weight excluding hydrogens is 492 g/mol. The zero-order valence-electron chi connectivity index (χ0n) is 19.1. The number of nitrogens with two attached hydrogens (primary N) is 1. The first-order valence-corrected chi connectivity index (χ1v) is 12.8. The van der Waals surface area contributed by atoms with Crippen molar-refractivity contribution < 1.29 is 18.0 Å². The monoisotopic (exact) mass is 516 g/mol. The molecule has 2 aromatic heterocycles. The molecule has 4 aromatic rings. The predicted octanol–water partition coefficient (Wildman–Crippen LogP) is 3.69. The SMILES string of the molecule is CCc1noc(-c2cnc(Nc3ccc(S(C)(=O)=O)c(Cl)c3)nc2N)n1.OCCc1ccccc1. The minimum absolute atomic E-state index is 0.0450. The fourth-order valence-corrected chi connectivity index (χ4v) is 4.24. The van der Waals surface area contributed by atoms with Crippen molar-refractivity contribution in [3.05, 3.63) is 71.1 Å². The van der Waals surface area contributed by atoms with Crippen molar-refractivity contribution in [3.8, 4) is 11.5 Å². The summed E-state index contributed by atoms with van der Waals surface area (Å²) in [6.07, 6.45) is 3.95. The summed E-state index contributed by atoms with van der Waals surface area (Å²) in [7, 11) is -3.40. The first-order valence-electron chi connectivity index (χ1n) is 10.6. The van der Waals surface area contributed by atoms with E-state index in [9.17, 15) is 8.42 Å². The van der Waals surface area contributed by atoms with E-state index < -0.39 is 9.84 Å². The maximum absolute atomic E-state index is 11.6. The highest BCUT2D eigenvalue weighted by molar-refractivity contribution is 7.90. The highest BCUT2D eigenvalue weighted by Gasteiger charge is 2.15. The van der Waals surface area contributed by atoms with Gasteiger partial charge in [0.25, 0.3) is 5.89 Å². The van der Waals surface area contributed by atoms with Crippen molar-refractivity contribution in [1.29, 1.82) is 0 Å². The molecule has 0 atom stereocenters. The van der Waals surface area contributed by atoms with Gasteiger partial charge in [0.2, 0.25) is 5.95 Å². The molecule has 4 rings (SSSR count). The normalized spacial score (nSPS) is 11.0. The van der Waals surface area contributed by atoms with Gasteiger partial charge in [0.15, 0.2) is 15.7 Å². The molecule has 0 saturated carbocycles. The van der Waals surface area contributed by atoms with Crippen LogP contribution in [0.25, 0.3) is 11.5 Å². The number of sulfone groups is 1. The molecule has 0 bridgehead atoms. The molecule has 0 aliphatic rings.